The molecule has 0 saturated heterocycles. The van der Waals surface area contributed by atoms with Gasteiger partial charge in [0.2, 0.25) is 5.76 Å². The van der Waals surface area contributed by atoms with Gasteiger partial charge >= 0.3 is 5.97 Å². The Balaban J connectivity index is 1.86. The van der Waals surface area contributed by atoms with E-state index in [2.05, 4.69) is 23.1 Å². The zero-order valence-electron chi connectivity index (χ0n) is 11.5. The van der Waals surface area contributed by atoms with Crippen molar-refractivity contribution in [3.8, 4) is 0 Å². The number of methoxy groups -OCH3 is 1. The summed E-state index contributed by atoms with van der Waals surface area (Å²) in [5, 5.41) is 0. The van der Waals surface area contributed by atoms with Crippen LogP contribution in [-0.2, 0) is 17.7 Å². The van der Waals surface area contributed by atoms with E-state index in [1.54, 1.807) is 0 Å². The van der Waals surface area contributed by atoms with Crippen LogP contribution in [0.1, 0.15) is 28.1 Å². The highest BCUT2D eigenvalue weighted by molar-refractivity contribution is 5.88. The van der Waals surface area contributed by atoms with Crippen molar-refractivity contribution < 1.29 is 13.9 Å². The molecule has 0 amide bonds. The van der Waals surface area contributed by atoms with Crippen LogP contribution in [0.4, 0.5) is 5.69 Å². The van der Waals surface area contributed by atoms with Crippen LogP contribution in [0.5, 0.6) is 0 Å². The van der Waals surface area contributed by atoms with Crippen LogP contribution >= 0.6 is 0 Å². The van der Waals surface area contributed by atoms with Gasteiger partial charge in [-0.3, -0.25) is 0 Å². The Labute approximate surface area is 118 Å². The monoisotopic (exact) mass is 271 g/mol. The molecule has 2 heterocycles. The van der Waals surface area contributed by atoms with E-state index in [0.717, 1.165) is 24.9 Å². The Morgan fingerprint density at radius 3 is 3.05 bits per heavy atom. The fourth-order valence-electron chi connectivity index (χ4n) is 2.71. The van der Waals surface area contributed by atoms with E-state index in [0.29, 0.717) is 12.3 Å². The molecule has 2 aromatic rings. The normalized spacial score (nSPS) is 13.9. The Morgan fingerprint density at radius 2 is 2.20 bits per heavy atom. The largest absolute Gasteiger partial charge is 0.463 e. The van der Waals surface area contributed by atoms with E-state index >= 15 is 0 Å². The second kappa shape index (κ2) is 5.41. The fraction of sp³-hybridized carbons (Fsp3) is 0.312. The predicted octanol–water partition coefficient (Wildman–Crippen LogP) is 3.02. The van der Waals surface area contributed by atoms with Gasteiger partial charge in [0.1, 0.15) is 0 Å². The minimum Gasteiger partial charge on any atom is -0.463 e. The highest BCUT2D eigenvalue weighted by atomic mass is 16.5. The van der Waals surface area contributed by atoms with Gasteiger partial charge in [0.25, 0.3) is 0 Å². The van der Waals surface area contributed by atoms with Crippen molar-refractivity contribution in [1.29, 1.82) is 0 Å². The highest BCUT2D eigenvalue weighted by Gasteiger charge is 2.21. The number of esters is 1. The molecule has 0 bridgehead atoms. The van der Waals surface area contributed by atoms with Gasteiger partial charge in [0.15, 0.2) is 0 Å². The van der Waals surface area contributed by atoms with E-state index in [1.807, 2.05) is 12.1 Å². The number of aryl methyl sites for hydroxylation is 1. The SMILES string of the molecule is COC(=O)c1occc1CN1CCCc2ccccc21. The lowest BCUT2D eigenvalue weighted by atomic mass is 10.0. The molecule has 0 atom stereocenters. The highest BCUT2D eigenvalue weighted by Crippen LogP contribution is 2.28. The van der Waals surface area contributed by atoms with Gasteiger partial charge in [-0.25, -0.2) is 4.79 Å². The maximum absolute atomic E-state index is 11.6. The number of anilines is 1. The van der Waals surface area contributed by atoms with Crippen LogP contribution in [0.2, 0.25) is 0 Å². The van der Waals surface area contributed by atoms with Crippen molar-refractivity contribution in [1.82, 2.24) is 0 Å². The van der Waals surface area contributed by atoms with Gasteiger partial charge in [0.05, 0.1) is 13.4 Å². The number of carbonyl (C=O) groups excluding carboxylic acids is 1. The number of hydrogen-bond acceptors (Lipinski definition) is 4. The lowest BCUT2D eigenvalue weighted by molar-refractivity contribution is 0.0563. The average Bonchev–Trinajstić information content (AvgIpc) is 2.95. The molecule has 4 nitrogen and oxygen atoms in total. The Bertz CT molecular complexity index is 618. The number of para-hydroxylation sites is 1. The van der Waals surface area contributed by atoms with Crippen molar-refractivity contribution in [3.63, 3.8) is 0 Å². The second-order valence-electron chi connectivity index (χ2n) is 4.92. The van der Waals surface area contributed by atoms with Crippen molar-refractivity contribution in [2.75, 3.05) is 18.6 Å². The van der Waals surface area contributed by atoms with Gasteiger partial charge in [0, 0.05) is 24.3 Å². The molecule has 3 rings (SSSR count). The van der Waals surface area contributed by atoms with Gasteiger partial charge in [-0.2, -0.15) is 0 Å². The molecule has 0 fully saturated rings. The number of benzene rings is 1. The molecule has 20 heavy (non-hydrogen) atoms. The van der Waals surface area contributed by atoms with Crippen LogP contribution in [0.3, 0.4) is 0 Å². The lowest BCUT2D eigenvalue weighted by Gasteiger charge is -2.31. The van der Waals surface area contributed by atoms with E-state index in [9.17, 15) is 4.79 Å². The Kier molecular flexibility index (Phi) is 3.46. The van der Waals surface area contributed by atoms with E-state index < -0.39 is 5.97 Å². The lowest BCUT2D eigenvalue weighted by Crippen LogP contribution is -2.29. The summed E-state index contributed by atoms with van der Waals surface area (Å²) < 4.78 is 9.99. The molecule has 0 N–H and O–H groups in total. The predicted molar refractivity (Wildman–Crippen MR) is 75.9 cm³/mol. The number of carbonyl (C=O) groups is 1. The summed E-state index contributed by atoms with van der Waals surface area (Å²) in [6.07, 6.45) is 3.78. The molecule has 1 aliphatic heterocycles. The Hall–Kier alpha value is -2.23. The van der Waals surface area contributed by atoms with E-state index in [-0.39, 0.29) is 0 Å². The molecule has 0 radical (unpaired) electrons. The summed E-state index contributed by atoms with van der Waals surface area (Å²) in [6.45, 7) is 1.65. The molecule has 0 aliphatic carbocycles. The number of fused-ring (bicyclic) bond motifs is 1. The molecule has 1 aromatic carbocycles. The molecule has 1 aliphatic rings. The van der Waals surface area contributed by atoms with Crippen molar-refractivity contribution in [3.05, 3.63) is 53.5 Å². The molecular formula is C16H17NO3. The average molecular weight is 271 g/mol. The molecule has 0 unspecified atom stereocenters. The van der Waals surface area contributed by atoms with E-state index in [1.165, 1.54) is 24.6 Å². The van der Waals surface area contributed by atoms with Gasteiger partial charge < -0.3 is 14.1 Å². The first-order chi connectivity index (χ1) is 9.79. The first-order valence-electron chi connectivity index (χ1n) is 6.77. The van der Waals surface area contributed by atoms with Crippen molar-refractivity contribution in [2.45, 2.75) is 19.4 Å². The third-order valence-corrected chi connectivity index (χ3v) is 3.69. The number of rotatable bonds is 3. The van der Waals surface area contributed by atoms with Crippen LogP contribution in [-0.4, -0.2) is 19.6 Å². The zero-order chi connectivity index (χ0) is 13.9. The van der Waals surface area contributed by atoms with Crippen LogP contribution in [0.15, 0.2) is 41.0 Å². The summed E-state index contributed by atoms with van der Waals surface area (Å²) in [5.74, 6) is -0.120. The van der Waals surface area contributed by atoms with Gasteiger partial charge in [-0.1, -0.05) is 18.2 Å². The standard InChI is InChI=1S/C16H17NO3/c1-19-16(18)15-13(8-10-20-15)11-17-9-4-6-12-5-2-3-7-14(12)17/h2-3,5,7-8,10H,4,6,9,11H2,1H3. The van der Waals surface area contributed by atoms with Crippen LogP contribution in [0.25, 0.3) is 0 Å². The molecular weight excluding hydrogens is 254 g/mol. The van der Waals surface area contributed by atoms with Crippen molar-refractivity contribution in [2.24, 2.45) is 0 Å². The topological polar surface area (TPSA) is 42.7 Å². The second-order valence-corrected chi connectivity index (χ2v) is 4.92. The van der Waals surface area contributed by atoms with Crippen LogP contribution < -0.4 is 4.90 Å². The molecule has 0 saturated carbocycles. The quantitative estimate of drug-likeness (QED) is 0.805. The van der Waals surface area contributed by atoms with E-state index in [4.69, 9.17) is 9.15 Å². The molecule has 4 heteroatoms. The number of hydrogen-bond donors (Lipinski definition) is 0. The molecule has 1 aromatic heterocycles. The molecule has 104 valence electrons. The first-order valence-corrected chi connectivity index (χ1v) is 6.77. The first kappa shape index (κ1) is 12.8. The summed E-state index contributed by atoms with van der Waals surface area (Å²) >= 11 is 0. The maximum Gasteiger partial charge on any atom is 0.374 e. The summed E-state index contributed by atoms with van der Waals surface area (Å²) in [6, 6.07) is 10.3. The van der Waals surface area contributed by atoms with Crippen molar-refractivity contribution >= 4 is 11.7 Å². The summed E-state index contributed by atoms with van der Waals surface area (Å²) in [7, 11) is 1.37. The summed E-state index contributed by atoms with van der Waals surface area (Å²) in [4.78, 5) is 13.9. The smallest absolute Gasteiger partial charge is 0.374 e. The van der Waals surface area contributed by atoms with Gasteiger partial charge in [-0.05, 0) is 30.5 Å². The Morgan fingerprint density at radius 1 is 1.35 bits per heavy atom. The molecule has 0 spiro atoms. The fourth-order valence-corrected chi connectivity index (χ4v) is 2.71. The number of ether oxygens (including phenoxy) is 1. The third kappa shape index (κ3) is 2.29. The number of furan rings is 1. The number of nitrogens with zero attached hydrogens (tertiary/aromatic N) is 1. The maximum atomic E-state index is 11.6. The minimum atomic E-state index is -0.421. The van der Waals surface area contributed by atoms with Crippen LogP contribution in [0, 0.1) is 0 Å². The zero-order valence-corrected chi connectivity index (χ0v) is 11.5. The third-order valence-electron chi connectivity index (χ3n) is 3.69. The summed E-state index contributed by atoms with van der Waals surface area (Å²) in [5.41, 5.74) is 3.48. The van der Waals surface area contributed by atoms with Gasteiger partial charge in [-0.15, -0.1) is 0 Å². The minimum absolute atomic E-state index is 0.301.